The molecule has 2 atom stereocenters. The third kappa shape index (κ3) is 3.01. The number of hydrogen-bond acceptors (Lipinski definition) is 3. The van der Waals surface area contributed by atoms with Crippen LogP contribution < -0.4 is 10.6 Å². The summed E-state index contributed by atoms with van der Waals surface area (Å²) >= 11 is 0. The molecule has 1 aliphatic heterocycles. The fraction of sp³-hybridized carbons (Fsp3) is 0.500. The molecular formula is C14H20N2O2. The number of aliphatic hydroxyl groups excluding tert-OH is 1. The van der Waals surface area contributed by atoms with Crippen LogP contribution in [0, 0.1) is 0 Å². The summed E-state index contributed by atoms with van der Waals surface area (Å²) in [5.41, 5.74) is 2.36. The number of carbonyl (C=O) groups excluding carboxylic acids is 1. The largest absolute Gasteiger partial charge is 0.396 e. The van der Waals surface area contributed by atoms with E-state index in [9.17, 15) is 4.79 Å². The Kier molecular flexibility index (Phi) is 4.20. The Labute approximate surface area is 107 Å². The molecule has 4 nitrogen and oxygen atoms in total. The topological polar surface area (TPSA) is 61.4 Å². The number of para-hydroxylation sites is 1. The Hall–Kier alpha value is -1.55. The zero-order chi connectivity index (χ0) is 13.0. The van der Waals surface area contributed by atoms with Gasteiger partial charge in [-0.1, -0.05) is 18.2 Å². The van der Waals surface area contributed by atoms with Gasteiger partial charge in [0.25, 0.3) is 0 Å². The summed E-state index contributed by atoms with van der Waals surface area (Å²) in [6.45, 7) is 2.84. The van der Waals surface area contributed by atoms with Crippen LogP contribution in [0.2, 0.25) is 0 Å². The smallest absolute Gasteiger partial charge is 0.220 e. The van der Waals surface area contributed by atoms with E-state index in [0.717, 1.165) is 12.2 Å². The molecule has 0 spiro atoms. The van der Waals surface area contributed by atoms with Crippen LogP contribution in [0.5, 0.6) is 0 Å². The minimum Gasteiger partial charge on any atom is -0.396 e. The van der Waals surface area contributed by atoms with Gasteiger partial charge in [0.15, 0.2) is 0 Å². The summed E-state index contributed by atoms with van der Waals surface area (Å²) in [5.74, 6) is 0.307. The molecule has 4 heteroatoms. The van der Waals surface area contributed by atoms with E-state index in [2.05, 4.69) is 16.7 Å². The first kappa shape index (κ1) is 12.9. The van der Waals surface area contributed by atoms with Crippen LogP contribution in [0.4, 0.5) is 5.69 Å². The van der Waals surface area contributed by atoms with Crippen molar-refractivity contribution in [2.45, 2.75) is 31.7 Å². The van der Waals surface area contributed by atoms with E-state index in [1.165, 1.54) is 5.56 Å². The maximum absolute atomic E-state index is 11.9. The van der Waals surface area contributed by atoms with Crippen molar-refractivity contribution in [3.8, 4) is 0 Å². The Balaban J connectivity index is 1.89. The Morgan fingerprint density at radius 2 is 2.33 bits per heavy atom. The molecule has 18 heavy (non-hydrogen) atoms. The lowest BCUT2D eigenvalue weighted by Gasteiger charge is -2.15. The third-order valence-corrected chi connectivity index (χ3v) is 3.34. The number of benzene rings is 1. The van der Waals surface area contributed by atoms with Crippen molar-refractivity contribution >= 4 is 11.6 Å². The van der Waals surface area contributed by atoms with Crippen molar-refractivity contribution in [3.63, 3.8) is 0 Å². The van der Waals surface area contributed by atoms with Gasteiger partial charge in [-0.3, -0.25) is 4.79 Å². The van der Waals surface area contributed by atoms with E-state index in [0.29, 0.717) is 12.8 Å². The number of aliphatic hydroxyl groups is 1. The van der Waals surface area contributed by atoms with Crippen molar-refractivity contribution in [1.29, 1.82) is 0 Å². The monoisotopic (exact) mass is 248 g/mol. The molecule has 0 saturated heterocycles. The van der Waals surface area contributed by atoms with Gasteiger partial charge in [0.05, 0.1) is 0 Å². The molecule has 1 aromatic carbocycles. The molecule has 1 aromatic rings. The lowest BCUT2D eigenvalue weighted by atomic mass is 9.97. The average Bonchev–Trinajstić information content (AvgIpc) is 2.73. The second-order valence-corrected chi connectivity index (χ2v) is 4.85. The first-order valence-electron chi connectivity index (χ1n) is 6.43. The number of nitrogens with one attached hydrogen (secondary N) is 2. The second kappa shape index (κ2) is 5.87. The molecule has 0 radical (unpaired) electrons. The highest BCUT2D eigenvalue weighted by molar-refractivity contribution is 5.78. The lowest BCUT2D eigenvalue weighted by molar-refractivity contribution is -0.122. The van der Waals surface area contributed by atoms with Crippen LogP contribution in [0.1, 0.15) is 31.2 Å². The lowest BCUT2D eigenvalue weighted by Crippen LogP contribution is -2.34. The summed E-state index contributed by atoms with van der Waals surface area (Å²) in [5, 5.41) is 15.0. The van der Waals surface area contributed by atoms with Crippen molar-refractivity contribution in [1.82, 2.24) is 5.32 Å². The van der Waals surface area contributed by atoms with Gasteiger partial charge in [-0.25, -0.2) is 0 Å². The van der Waals surface area contributed by atoms with E-state index in [1.54, 1.807) is 0 Å². The van der Waals surface area contributed by atoms with E-state index in [1.807, 2.05) is 25.1 Å². The average molecular weight is 248 g/mol. The predicted octanol–water partition coefficient (Wildman–Crippen LogP) is 1.47. The molecule has 0 saturated carbocycles. The second-order valence-electron chi connectivity index (χ2n) is 4.85. The number of carbonyl (C=O) groups is 1. The normalized spacial score (nSPS) is 18.9. The molecule has 1 amide bonds. The summed E-state index contributed by atoms with van der Waals surface area (Å²) in [6, 6.07) is 8.15. The highest BCUT2D eigenvalue weighted by Crippen LogP contribution is 2.32. The van der Waals surface area contributed by atoms with Crippen LogP contribution in [0.15, 0.2) is 24.3 Å². The van der Waals surface area contributed by atoms with Crippen LogP contribution in [-0.2, 0) is 4.79 Å². The van der Waals surface area contributed by atoms with Crippen LogP contribution in [0.3, 0.4) is 0 Å². The fourth-order valence-electron chi connectivity index (χ4n) is 2.36. The van der Waals surface area contributed by atoms with Gasteiger partial charge < -0.3 is 15.7 Å². The molecule has 0 bridgehead atoms. The van der Waals surface area contributed by atoms with Gasteiger partial charge in [0, 0.05) is 37.2 Å². The van der Waals surface area contributed by atoms with Gasteiger partial charge in [-0.2, -0.15) is 0 Å². The van der Waals surface area contributed by atoms with Crippen LogP contribution in [0.25, 0.3) is 0 Å². The number of anilines is 1. The predicted molar refractivity (Wildman–Crippen MR) is 71.6 cm³/mol. The zero-order valence-corrected chi connectivity index (χ0v) is 10.6. The number of hydrogen-bond donors (Lipinski definition) is 3. The fourth-order valence-corrected chi connectivity index (χ4v) is 2.36. The molecule has 3 N–H and O–H groups in total. The SMILES string of the molecule is CC(CCO)NC(=O)CC1CNc2ccccc21. The van der Waals surface area contributed by atoms with Gasteiger partial charge >= 0.3 is 0 Å². The molecule has 0 fully saturated rings. The highest BCUT2D eigenvalue weighted by Gasteiger charge is 2.24. The number of fused-ring (bicyclic) bond motifs is 1. The first-order chi connectivity index (χ1) is 8.70. The van der Waals surface area contributed by atoms with Crippen LogP contribution in [-0.4, -0.2) is 30.2 Å². The van der Waals surface area contributed by atoms with Crippen molar-refractivity contribution < 1.29 is 9.90 Å². The summed E-state index contributed by atoms with van der Waals surface area (Å²) in [7, 11) is 0. The maximum atomic E-state index is 11.9. The summed E-state index contributed by atoms with van der Waals surface area (Å²) in [4.78, 5) is 11.9. The first-order valence-corrected chi connectivity index (χ1v) is 6.43. The highest BCUT2D eigenvalue weighted by atomic mass is 16.3. The van der Waals surface area contributed by atoms with Crippen LogP contribution >= 0.6 is 0 Å². The molecule has 0 aromatic heterocycles. The molecule has 1 aliphatic rings. The van der Waals surface area contributed by atoms with Crippen molar-refractivity contribution in [3.05, 3.63) is 29.8 Å². The molecular weight excluding hydrogens is 228 g/mol. The zero-order valence-electron chi connectivity index (χ0n) is 10.6. The minimum absolute atomic E-state index is 0.0344. The van der Waals surface area contributed by atoms with Crippen molar-refractivity contribution in [2.24, 2.45) is 0 Å². The molecule has 1 heterocycles. The van der Waals surface area contributed by atoms with Gasteiger partial charge in [-0.15, -0.1) is 0 Å². The Morgan fingerprint density at radius 3 is 3.11 bits per heavy atom. The third-order valence-electron chi connectivity index (χ3n) is 3.34. The molecule has 2 unspecified atom stereocenters. The summed E-state index contributed by atoms with van der Waals surface area (Å²) in [6.07, 6.45) is 1.10. The molecule has 98 valence electrons. The molecule has 0 aliphatic carbocycles. The maximum Gasteiger partial charge on any atom is 0.220 e. The number of rotatable bonds is 5. The Bertz CT molecular complexity index is 420. The van der Waals surface area contributed by atoms with Gasteiger partial charge in [0.2, 0.25) is 5.91 Å². The van der Waals surface area contributed by atoms with Gasteiger partial charge in [-0.05, 0) is 25.0 Å². The van der Waals surface area contributed by atoms with E-state index in [4.69, 9.17) is 5.11 Å². The van der Waals surface area contributed by atoms with E-state index in [-0.39, 0.29) is 24.5 Å². The van der Waals surface area contributed by atoms with E-state index < -0.39 is 0 Å². The summed E-state index contributed by atoms with van der Waals surface area (Å²) < 4.78 is 0. The van der Waals surface area contributed by atoms with Crippen molar-refractivity contribution in [2.75, 3.05) is 18.5 Å². The molecule has 2 rings (SSSR count). The van der Waals surface area contributed by atoms with Gasteiger partial charge in [0.1, 0.15) is 0 Å². The van der Waals surface area contributed by atoms with E-state index >= 15 is 0 Å². The minimum atomic E-state index is 0.0344. The quantitative estimate of drug-likeness (QED) is 0.739. The Morgan fingerprint density at radius 1 is 1.56 bits per heavy atom. The number of amides is 1. The standard InChI is InChI=1S/C14H20N2O2/c1-10(6-7-17)16-14(18)8-11-9-15-13-5-3-2-4-12(11)13/h2-5,10-11,15,17H,6-9H2,1H3,(H,16,18).